The van der Waals surface area contributed by atoms with Gasteiger partial charge in [-0.3, -0.25) is 0 Å². The molecule has 0 saturated carbocycles. The van der Waals surface area contributed by atoms with E-state index in [9.17, 15) is 5.11 Å². The Hall–Kier alpha value is -0.550. The molecule has 4 N–H and O–H groups in total. The molecule has 0 fully saturated rings. The van der Waals surface area contributed by atoms with Crippen LogP contribution in [0.15, 0.2) is 30.3 Å². The summed E-state index contributed by atoms with van der Waals surface area (Å²) in [5, 5.41) is 13.3. The molecule has 4 heteroatoms. The van der Waals surface area contributed by atoms with Crippen LogP contribution in [0.25, 0.3) is 0 Å². The molecule has 0 heterocycles. The van der Waals surface area contributed by atoms with E-state index in [0.29, 0.717) is 17.7 Å². The monoisotopic (exact) mass is 296 g/mol. The fraction of sp³-hybridized carbons (Fsp3) is 0.625. The van der Waals surface area contributed by atoms with Gasteiger partial charge in [0.15, 0.2) is 0 Å². The van der Waals surface area contributed by atoms with Crippen LogP contribution in [0.4, 0.5) is 0 Å². The summed E-state index contributed by atoms with van der Waals surface area (Å²) in [5.74, 6) is 1.05. The molecule has 0 aliphatic carbocycles. The largest absolute Gasteiger partial charge is 0.390 e. The Morgan fingerprint density at radius 1 is 1.25 bits per heavy atom. The third-order valence-corrected chi connectivity index (χ3v) is 4.25. The van der Waals surface area contributed by atoms with Gasteiger partial charge < -0.3 is 16.2 Å². The molecule has 1 aromatic rings. The van der Waals surface area contributed by atoms with Gasteiger partial charge in [0.1, 0.15) is 0 Å². The molecular weight excluding hydrogens is 268 g/mol. The minimum atomic E-state index is -0.505. The van der Waals surface area contributed by atoms with E-state index >= 15 is 0 Å². The van der Waals surface area contributed by atoms with E-state index in [1.165, 1.54) is 5.56 Å². The highest BCUT2D eigenvalue weighted by Gasteiger charge is 2.15. The third kappa shape index (κ3) is 7.90. The van der Waals surface area contributed by atoms with Gasteiger partial charge >= 0.3 is 0 Å². The van der Waals surface area contributed by atoms with Gasteiger partial charge in [-0.05, 0) is 12.0 Å². The summed E-state index contributed by atoms with van der Waals surface area (Å²) in [6.45, 7) is 8.09. The molecule has 20 heavy (non-hydrogen) atoms. The van der Waals surface area contributed by atoms with Crippen LogP contribution in [-0.4, -0.2) is 40.8 Å². The molecule has 0 unspecified atom stereocenters. The lowest BCUT2D eigenvalue weighted by Gasteiger charge is -2.21. The SMILES string of the molecule is CC(C)(C)SCCNC[C@@H](O)[C@@H](N)Cc1ccccc1. The molecule has 0 saturated heterocycles. The molecule has 2 atom stereocenters. The lowest BCUT2D eigenvalue weighted by molar-refractivity contribution is 0.142. The molecule has 0 spiro atoms. The summed E-state index contributed by atoms with van der Waals surface area (Å²) < 4.78 is 0.296. The number of aliphatic hydroxyl groups excluding tert-OH is 1. The van der Waals surface area contributed by atoms with Crippen LogP contribution in [0, 0.1) is 0 Å². The summed E-state index contributed by atoms with van der Waals surface area (Å²) in [5.41, 5.74) is 7.21. The van der Waals surface area contributed by atoms with E-state index in [-0.39, 0.29) is 6.04 Å². The molecule has 0 amide bonds. The van der Waals surface area contributed by atoms with Crippen LogP contribution in [0.3, 0.4) is 0 Å². The van der Waals surface area contributed by atoms with Crippen molar-refractivity contribution in [2.45, 2.75) is 44.1 Å². The van der Waals surface area contributed by atoms with Gasteiger partial charge in [0.05, 0.1) is 6.10 Å². The zero-order valence-corrected chi connectivity index (χ0v) is 13.6. The van der Waals surface area contributed by atoms with Crippen molar-refractivity contribution in [3.63, 3.8) is 0 Å². The van der Waals surface area contributed by atoms with E-state index in [4.69, 9.17) is 5.73 Å². The standard InChI is InChI=1S/C16H28N2OS/c1-16(2,3)20-10-9-18-12-15(19)14(17)11-13-7-5-4-6-8-13/h4-8,14-15,18-19H,9-12,17H2,1-3H3/t14-,15+/m0/s1. The summed E-state index contributed by atoms with van der Waals surface area (Å²) in [6, 6.07) is 9.84. The molecule has 0 aromatic heterocycles. The fourth-order valence-corrected chi connectivity index (χ4v) is 2.71. The van der Waals surface area contributed by atoms with Crippen molar-refractivity contribution in [1.82, 2.24) is 5.32 Å². The average Bonchev–Trinajstić information content (AvgIpc) is 2.38. The maximum atomic E-state index is 10.0. The number of thioether (sulfide) groups is 1. The van der Waals surface area contributed by atoms with E-state index in [0.717, 1.165) is 12.3 Å². The normalized spacial score (nSPS) is 15.1. The molecule has 114 valence electrons. The molecule has 0 aliphatic heterocycles. The highest BCUT2D eigenvalue weighted by Crippen LogP contribution is 2.21. The summed E-state index contributed by atoms with van der Waals surface area (Å²) in [6.07, 6.45) is 0.204. The average molecular weight is 296 g/mol. The van der Waals surface area contributed by atoms with Gasteiger partial charge in [-0.15, -0.1) is 0 Å². The number of benzene rings is 1. The van der Waals surface area contributed by atoms with E-state index in [2.05, 4.69) is 26.1 Å². The molecule has 1 rings (SSSR count). The third-order valence-electron chi connectivity index (χ3n) is 2.98. The van der Waals surface area contributed by atoms with Crippen LogP contribution in [0.1, 0.15) is 26.3 Å². The van der Waals surface area contributed by atoms with E-state index in [1.54, 1.807) is 0 Å². The Bertz CT molecular complexity index is 364. The number of hydrogen-bond acceptors (Lipinski definition) is 4. The number of nitrogens with two attached hydrogens (primary N) is 1. The Labute approximate surface area is 127 Å². The van der Waals surface area contributed by atoms with Crippen LogP contribution in [0.2, 0.25) is 0 Å². The highest BCUT2D eigenvalue weighted by atomic mass is 32.2. The van der Waals surface area contributed by atoms with Gasteiger partial charge in [-0.25, -0.2) is 0 Å². The maximum Gasteiger partial charge on any atom is 0.0818 e. The number of nitrogens with one attached hydrogen (secondary N) is 1. The van der Waals surface area contributed by atoms with Crippen molar-refractivity contribution in [2.24, 2.45) is 5.73 Å². The Morgan fingerprint density at radius 3 is 2.50 bits per heavy atom. The maximum absolute atomic E-state index is 10.0. The van der Waals surface area contributed by atoms with Gasteiger partial charge in [0, 0.05) is 29.6 Å². The topological polar surface area (TPSA) is 58.3 Å². The second-order valence-electron chi connectivity index (χ2n) is 6.09. The molecule has 0 aliphatic rings. The van der Waals surface area contributed by atoms with Crippen molar-refractivity contribution >= 4 is 11.8 Å². The minimum Gasteiger partial charge on any atom is -0.390 e. The lowest BCUT2D eigenvalue weighted by atomic mass is 10.0. The van der Waals surface area contributed by atoms with Crippen molar-refractivity contribution in [3.05, 3.63) is 35.9 Å². The van der Waals surface area contributed by atoms with Gasteiger partial charge in [0.25, 0.3) is 0 Å². The summed E-state index contributed by atoms with van der Waals surface area (Å²) in [7, 11) is 0. The summed E-state index contributed by atoms with van der Waals surface area (Å²) in [4.78, 5) is 0. The number of rotatable bonds is 8. The highest BCUT2D eigenvalue weighted by molar-refractivity contribution is 8.00. The Balaban J connectivity index is 2.17. The smallest absolute Gasteiger partial charge is 0.0818 e. The molecule has 0 radical (unpaired) electrons. The first-order valence-electron chi connectivity index (χ1n) is 7.21. The van der Waals surface area contributed by atoms with Crippen LogP contribution < -0.4 is 11.1 Å². The van der Waals surface area contributed by atoms with Crippen LogP contribution >= 0.6 is 11.8 Å². The van der Waals surface area contributed by atoms with Gasteiger partial charge in [0.2, 0.25) is 0 Å². The van der Waals surface area contributed by atoms with Crippen LogP contribution in [-0.2, 0) is 6.42 Å². The van der Waals surface area contributed by atoms with Crippen molar-refractivity contribution in [1.29, 1.82) is 0 Å². The first-order valence-corrected chi connectivity index (χ1v) is 8.19. The summed E-state index contributed by atoms with van der Waals surface area (Å²) >= 11 is 1.92. The molecule has 0 bridgehead atoms. The predicted molar refractivity (Wildman–Crippen MR) is 89.2 cm³/mol. The molecule has 1 aromatic carbocycles. The fourth-order valence-electron chi connectivity index (χ4n) is 1.85. The zero-order chi connectivity index (χ0) is 15.0. The minimum absolute atomic E-state index is 0.222. The van der Waals surface area contributed by atoms with Crippen molar-refractivity contribution in [3.8, 4) is 0 Å². The first kappa shape index (κ1) is 17.5. The lowest BCUT2D eigenvalue weighted by Crippen LogP contribution is -2.43. The predicted octanol–water partition coefficient (Wildman–Crippen LogP) is 2.04. The molecule has 3 nitrogen and oxygen atoms in total. The van der Waals surface area contributed by atoms with Crippen molar-refractivity contribution in [2.75, 3.05) is 18.8 Å². The zero-order valence-electron chi connectivity index (χ0n) is 12.8. The van der Waals surface area contributed by atoms with E-state index in [1.807, 2.05) is 42.1 Å². The second kappa shape index (κ2) is 8.67. The van der Waals surface area contributed by atoms with Gasteiger partial charge in [-0.2, -0.15) is 11.8 Å². The Kier molecular flexibility index (Phi) is 7.59. The van der Waals surface area contributed by atoms with Crippen LogP contribution in [0.5, 0.6) is 0 Å². The van der Waals surface area contributed by atoms with Crippen molar-refractivity contribution < 1.29 is 5.11 Å². The first-order chi connectivity index (χ1) is 9.38. The van der Waals surface area contributed by atoms with E-state index < -0.39 is 6.10 Å². The second-order valence-corrected chi connectivity index (χ2v) is 8.01. The number of hydrogen-bond donors (Lipinski definition) is 3. The van der Waals surface area contributed by atoms with Gasteiger partial charge in [-0.1, -0.05) is 51.1 Å². The number of aliphatic hydroxyl groups is 1. The molecular formula is C16H28N2OS. The quantitative estimate of drug-likeness (QED) is 0.643. The Morgan fingerprint density at radius 2 is 1.90 bits per heavy atom.